The van der Waals surface area contributed by atoms with Gasteiger partial charge in [-0.2, -0.15) is 0 Å². The number of nitrogens with zero attached hydrogens (tertiary/aromatic N) is 2. The Morgan fingerprint density at radius 2 is 1.52 bits per heavy atom. The van der Waals surface area contributed by atoms with Gasteiger partial charge in [0, 0.05) is 49.0 Å². The van der Waals surface area contributed by atoms with Crippen LogP contribution < -0.4 is 15.4 Å². The molecule has 1 aliphatic heterocycles. The molecule has 12 heteroatoms. The van der Waals surface area contributed by atoms with Crippen LogP contribution in [-0.4, -0.2) is 59.6 Å². The van der Waals surface area contributed by atoms with E-state index in [1.807, 2.05) is 35.1 Å². The molecule has 4 aromatic rings. The number of nitrogens with one attached hydrogen (secondary N) is 1. The molecule has 0 spiro atoms. The molecule has 1 heterocycles. The summed E-state index contributed by atoms with van der Waals surface area (Å²) in [5.41, 5.74) is 10.4. The normalized spacial score (nSPS) is 14.4. The molecule has 1 aliphatic rings. The number of anilines is 2. The van der Waals surface area contributed by atoms with E-state index in [-0.39, 0.29) is 26.8 Å². The lowest BCUT2D eigenvalue weighted by molar-refractivity contribution is 0.0981. The maximum Gasteiger partial charge on any atom is 0.264 e. The number of sulfone groups is 1. The summed E-state index contributed by atoms with van der Waals surface area (Å²) < 4.78 is 52.4. The van der Waals surface area contributed by atoms with Gasteiger partial charge in [-0.3, -0.25) is 9.69 Å². The number of halogens is 1. The van der Waals surface area contributed by atoms with Crippen molar-refractivity contribution in [3.8, 4) is 11.1 Å². The second kappa shape index (κ2) is 13.0. The van der Waals surface area contributed by atoms with E-state index in [2.05, 4.69) is 28.0 Å². The van der Waals surface area contributed by atoms with Gasteiger partial charge in [-0.1, -0.05) is 54.9 Å². The monoisotopic (exact) mass is 652 g/mol. The fourth-order valence-corrected chi connectivity index (χ4v) is 7.39. The third kappa shape index (κ3) is 7.07. The number of nitrogen functional groups attached to an aromatic ring is 1. The minimum atomic E-state index is -4.34. The van der Waals surface area contributed by atoms with Gasteiger partial charge in [-0.25, -0.2) is 21.6 Å². The van der Waals surface area contributed by atoms with Gasteiger partial charge in [0.25, 0.3) is 15.9 Å². The quantitative estimate of drug-likeness (QED) is 0.246. The maximum atomic E-state index is 12.9. The summed E-state index contributed by atoms with van der Waals surface area (Å²) >= 11 is 6.08. The Balaban J connectivity index is 1.20. The fraction of sp³-hybridized carbons (Fsp3) is 0.219. The molecule has 9 nitrogen and oxygen atoms in total. The van der Waals surface area contributed by atoms with Crippen LogP contribution in [0.3, 0.4) is 0 Å². The van der Waals surface area contributed by atoms with Crippen molar-refractivity contribution in [2.75, 3.05) is 42.6 Å². The molecule has 5 rings (SSSR count). The number of rotatable bonds is 9. The third-order valence-electron chi connectivity index (χ3n) is 7.67. The summed E-state index contributed by atoms with van der Waals surface area (Å²) in [5, 5.41) is 0.708. The summed E-state index contributed by atoms with van der Waals surface area (Å²) in [4.78, 5) is 16.8. The zero-order chi connectivity index (χ0) is 31.5. The summed E-state index contributed by atoms with van der Waals surface area (Å²) in [6, 6.07) is 26.3. The van der Waals surface area contributed by atoms with Crippen LogP contribution in [-0.2, 0) is 26.4 Å². The molecule has 3 N–H and O–H groups in total. The molecule has 1 saturated heterocycles. The molecule has 0 radical (unpaired) electrons. The number of amides is 1. The lowest BCUT2D eigenvalue weighted by atomic mass is 9.99. The maximum absolute atomic E-state index is 12.9. The lowest BCUT2D eigenvalue weighted by Gasteiger charge is -2.36. The van der Waals surface area contributed by atoms with E-state index in [0.717, 1.165) is 50.0 Å². The van der Waals surface area contributed by atoms with Crippen LogP contribution in [0, 0.1) is 0 Å². The summed E-state index contributed by atoms with van der Waals surface area (Å²) in [6.07, 6.45) is 0. The molecule has 1 fully saturated rings. The molecule has 1 amide bonds. The predicted octanol–water partition coefficient (Wildman–Crippen LogP) is 4.82. The topological polar surface area (TPSA) is 130 Å². The fourth-order valence-electron chi connectivity index (χ4n) is 5.14. The van der Waals surface area contributed by atoms with E-state index in [9.17, 15) is 21.6 Å². The number of carbonyl (C=O) groups excluding carboxylic acids is 1. The third-order valence-corrected chi connectivity index (χ3v) is 11.0. The number of nitrogens with two attached hydrogens (primary N) is 1. The minimum absolute atomic E-state index is 0.0590. The van der Waals surface area contributed by atoms with Gasteiger partial charge in [0.2, 0.25) is 0 Å². The number of hydrogen-bond acceptors (Lipinski definition) is 8. The predicted molar refractivity (Wildman–Crippen MR) is 174 cm³/mol. The SMILES string of the molecule is CCS(=O)(=O)c1cc(S(=O)(=O)NC(=O)c2ccc(N3CCN(Cc4ccccc4-c4ccc(Cl)cc4)CC3)cc2)ccc1N. The van der Waals surface area contributed by atoms with Crippen LogP contribution in [0.4, 0.5) is 11.4 Å². The molecular formula is C32H33ClN4O5S2. The number of carbonyl (C=O) groups is 1. The second-order valence-electron chi connectivity index (χ2n) is 10.5. The number of hydrogen-bond donors (Lipinski definition) is 2. The highest BCUT2D eigenvalue weighted by atomic mass is 35.5. The molecular weight excluding hydrogens is 620 g/mol. The Morgan fingerprint density at radius 1 is 0.864 bits per heavy atom. The van der Waals surface area contributed by atoms with E-state index in [1.165, 1.54) is 30.2 Å². The van der Waals surface area contributed by atoms with Crippen molar-refractivity contribution in [1.82, 2.24) is 9.62 Å². The van der Waals surface area contributed by atoms with Gasteiger partial charge < -0.3 is 10.6 Å². The highest BCUT2D eigenvalue weighted by Gasteiger charge is 2.24. The second-order valence-corrected chi connectivity index (χ2v) is 14.9. The average Bonchev–Trinajstić information content (AvgIpc) is 3.02. The average molecular weight is 653 g/mol. The molecule has 0 saturated carbocycles. The van der Waals surface area contributed by atoms with Crippen molar-refractivity contribution in [3.63, 3.8) is 0 Å². The van der Waals surface area contributed by atoms with Gasteiger partial charge in [0.1, 0.15) is 0 Å². The Kier molecular flexibility index (Phi) is 9.31. The van der Waals surface area contributed by atoms with E-state index < -0.39 is 25.8 Å². The summed E-state index contributed by atoms with van der Waals surface area (Å²) in [6.45, 7) is 5.55. The van der Waals surface area contributed by atoms with Gasteiger partial charge in [-0.05, 0) is 71.3 Å². The first-order chi connectivity index (χ1) is 21.0. The van der Waals surface area contributed by atoms with Gasteiger partial charge >= 0.3 is 0 Å². The van der Waals surface area contributed by atoms with Crippen molar-refractivity contribution in [1.29, 1.82) is 0 Å². The van der Waals surface area contributed by atoms with Crippen molar-refractivity contribution in [2.45, 2.75) is 23.3 Å². The number of piperazine rings is 1. The first-order valence-electron chi connectivity index (χ1n) is 14.1. The highest BCUT2D eigenvalue weighted by molar-refractivity contribution is 7.92. The van der Waals surface area contributed by atoms with Crippen LogP contribution >= 0.6 is 11.6 Å². The van der Waals surface area contributed by atoms with Crippen LogP contribution in [0.25, 0.3) is 11.1 Å². The van der Waals surface area contributed by atoms with E-state index in [1.54, 1.807) is 24.3 Å². The van der Waals surface area contributed by atoms with Crippen LogP contribution in [0.1, 0.15) is 22.8 Å². The number of sulfonamides is 1. The van der Waals surface area contributed by atoms with Gasteiger partial charge in [0.15, 0.2) is 9.84 Å². The largest absolute Gasteiger partial charge is 0.398 e. The van der Waals surface area contributed by atoms with Gasteiger partial charge in [0.05, 0.1) is 21.2 Å². The zero-order valence-electron chi connectivity index (χ0n) is 24.1. The van der Waals surface area contributed by atoms with E-state index >= 15 is 0 Å². The van der Waals surface area contributed by atoms with Crippen molar-refractivity contribution >= 4 is 48.7 Å². The standard InChI is InChI=1S/C32H33ClN4O5S2/c1-2-43(39,40)31-21-28(15-16-30(31)34)44(41,42)35-32(38)24-9-13-27(14-10-24)37-19-17-36(18-20-37)22-25-5-3-4-6-29(25)23-7-11-26(33)12-8-23/h3-16,21H,2,17-20,22,34H2,1H3,(H,35,38). The summed E-state index contributed by atoms with van der Waals surface area (Å²) in [7, 11) is -8.10. The van der Waals surface area contributed by atoms with Crippen molar-refractivity contribution in [3.05, 3.63) is 107 Å². The van der Waals surface area contributed by atoms with E-state index in [4.69, 9.17) is 17.3 Å². The molecule has 0 unspecified atom stereocenters. The first kappa shape index (κ1) is 31.5. The Bertz CT molecular complexity index is 1870. The molecule has 44 heavy (non-hydrogen) atoms. The molecule has 230 valence electrons. The molecule has 0 atom stereocenters. The Labute approximate surface area is 263 Å². The van der Waals surface area contributed by atoms with Crippen LogP contribution in [0.5, 0.6) is 0 Å². The van der Waals surface area contributed by atoms with Crippen LogP contribution in [0.15, 0.2) is 101 Å². The smallest absolute Gasteiger partial charge is 0.264 e. The molecule has 0 bridgehead atoms. The van der Waals surface area contributed by atoms with E-state index in [0.29, 0.717) is 5.02 Å². The first-order valence-corrected chi connectivity index (χ1v) is 17.6. The Hall–Kier alpha value is -3.90. The molecule has 0 aliphatic carbocycles. The molecule has 0 aromatic heterocycles. The highest BCUT2D eigenvalue weighted by Crippen LogP contribution is 2.27. The number of benzene rings is 4. The van der Waals surface area contributed by atoms with Crippen LogP contribution in [0.2, 0.25) is 5.02 Å². The zero-order valence-corrected chi connectivity index (χ0v) is 26.5. The van der Waals surface area contributed by atoms with Crippen molar-refractivity contribution < 1.29 is 21.6 Å². The minimum Gasteiger partial charge on any atom is -0.398 e. The van der Waals surface area contributed by atoms with Gasteiger partial charge in [-0.15, -0.1) is 0 Å². The summed E-state index contributed by atoms with van der Waals surface area (Å²) in [5.74, 6) is -1.07. The Morgan fingerprint density at radius 3 is 2.18 bits per heavy atom. The lowest BCUT2D eigenvalue weighted by Crippen LogP contribution is -2.46. The van der Waals surface area contributed by atoms with Crippen molar-refractivity contribution in [2.24, 2.45) is 0 Å². The molecule has 4 aromatic carbocycles.